The summed E-state index contributed by atoms with van der Waals surface area (Å²) in [5.41, 5.74) is 1.08. The molecule has 1 radical (unpaired) electrons. The van der Waals surface area contributed by atoms with Crippen LogP contribution in [0.4, 0.5) is 0 Å². The second kappa shape index (κ2) is 1.33. The van der Waals surface area contributed by atoms with Crippen LogP contribution in [0.1, 0.15) is 12.8 Å². The summed E-state index contributed by atoms with van der Waals surface area (Å²) in [6, 6.07) is 0. The molecular formula is C5H8N. The molecule has 1 heteroatoms. The van der Waals surface area contributed by atoms with Crippen molar-refractivity contribution in [2.75, 3.05) is 6.54 Å². The van der Waals surface area contributed by atoms with Gasteiger partial charge in [-0.2, -0.15) is 0 Å². The summed E-state index contributed by atoms with van der Waals surface area (Å²) in [5.74, 6) is 0. The van der Waals surface area contributed by atoms with E-state index in [9.17, 15) is 0 Å². The molecule has 1 heterocycles. The highest BCUT2D eigenvalue weighted by atomic mass is 14.9. The molecule has 0 aromatic carbocycles. The summed E-state index contributed by atoms with van der Waals surface area (Å²) in [6.07, 6.45) is 2.35. The highest BCUT2D eigenvalue weighted by Gasteiger charge is 2.01. The van der Waals surface area contributed by atoms with E-state index in [2.05, 4.69) is 11.9 Å². The minimum Gasteiger partial charge on any atom is -0.290 e. The van der Waals surface area contributed by atoms with Crippen molar-refractivity contribution in [1.29, 1.82) is 0 Å². The van der Waals surface area contributed by atoms with Crippen LogP contribution < -0.4 is 5.32 Å². The molecule has 0 amide bonds. The molecule has 6 heavy (non-hydrogen) atoms. The van der Waals surface area contributed by atoms with Crippen molar-refractivity contribution in [2.24, 2.45) is 0 Å². The fraction of sp³-hybridized carbons (Fsp3) is 0.600. The molecule has 0 aromatic heterocycles. The second-order valence-corrected chi connectivity index (χ2v) is 1.55. The Morgan fingerprint density at radius 2 is 2.50 bits per heavy atom. The van der Waals surface area contributed by atoms with Gasteiger partial charge in [-0.25, -0.2) is 0 Å². The van der Waals surface area contributed by atoms with Gasteiger partial charge < -0.3 is 0 Å². The Morgan fingerprint density at radius 3 is 2.67 bits per heavy atom. The summed E-state index contributed by atoms with van der Waals surface area (Å²) < 4.78 is 0. The number of allylic oxidation sites excluding steroid dienone is 1. The third-order valence-electron chi connectivity index (χ3n) is 0.959. The highest BCUT2D eigenvalue weighted by molar-refractivity contribution is 4.95. The van der Waals surface area contributed by atoms with Crippen molar-refractivity contribution in [3.8, 4) is 0 Å². The summed E-state index contributed by atoms with van der Waals surface area (Å²) in [4.78, 5) is 0. The molecule has 33 valence electrons. The van der Waals surface area contributed by atoms with E-state index in [1.54, 1.807) is 0 Å². The Balaban J connectivity index is 2.37. The monoisotopic (exact) mass is 82.1 g/mol. The number of nitrogens with zero attached hydrogens (tertiary/aromatic N) is 1. The van der Waals surface area contributed by atoms with Crippen molar-refractivity contribution < 1.29 is 0 Å². The van der Waals surface area contributed by atoms with Gasteiger partial charge in [0, 0.05) is 12.2 Å². The van der Waals surface area contributed by atoms with Crippen molar-refractivity contribution in [1.82, 2.24) is 5.32 Å². The van der Waals surface area contributed by atoms with Crippen molar-refractivity contribution in [3.63, 3.8) is 0 Å². The van der Waals surface area contributed by atoms with Gasteiger partial charge in [0.25, 0.3) is 0 Å². The lowest BCUT2D eigenvalue weighted by Crippen LogP contribution is -1.89. The zero-order valence-corrected chi connectivity index (χ0v) is 3.78. The van der Waals surface area contributed by atoms with Gasteiger partial charge >= 0.3 is 0 Å². The van der Waals surface area contributed by atoms with E-state index >= 15 is 0 Å². The van der Waals surface area contributed by atoms with E-state index in [0.717, 1.165) is 18.7 Å². The normalized spacial score (nSPS) is 21.0. The zero-order valence-electron chi connectivity index (χ0n) is 3.78. The Hall–Kier alpha value is -0.460. The van der Waals surface area contributed by atoms with E-state index in [1.807, 2.05) is 0 Å². The highest BCUT2D eigenvalue weighted by Crippen LogP contribution is 2.06. The quantitative estimate of drug-likeness (QED) is 0.412. The maximum atomic E-state index is 4.04. The van der Waals surface area contributed by atoms with Crippen LogP contribution in [-0.4, -0.2) is 6.54 Å². The van der Waals surface area contributed by atoms with E-state index in [-0.39, 0.29) is 0 Å². The molecule has 1 aliphatic rings. The van der Waals surface area contributed by atoms with Gasteiger partial charge in [-0.3, -0.25) is 5.32 Å². The molecular weight excluding hydrogens is 74.1 g/mol. The second-order valence-electron chi connectivity index (χ2n) is 1.55. The molecule has 0 aliphatic carbocycles. The standard InChI is InChI=1S/C5H8N/c1-5-3-2-4-6-5/h1-4H2. The first-order valence-corrected chi connectivity index (χ1v) is 2.25. The minimum atomic E-state index is 1.01. The Kier molecular flexibility index (Phi) is 0.825. The molecule has 1 saturated heterocycles. The fourth-order valence-corrected chi connectivity index (χ4v) is 0.599. The van der Waals surface area contributed by atoms with Gasteiger partial charge in [-0.1, -0.05) is 6.58 Å². The predicted molar refractivity (Wildman–Crippen MR) is 25.4 cm³/mol. The number of hydrogen-bond acceptors (Lipinski definition) is 0. The SMILES string of the molecule is C=C1CCC[N]1. The van der Waals surface area contributed by atoms with Crippen LogP contribution in [0.15, 0.2) is 12.3 Å². The molecule has 0 bridgehead atoms. The lowest BCUT2D eigenvalue weighted by Gasteiger charge is -1.82. The summed E-state index contributed by atoms with van der Waals surface area (Å²) in [5, 5.41) is 4.04. The molecule has 0 aromatic rings. The van der Waals surface area contributed by atoms with Crippen molar-refractivity contribution >= 4 is 0 Å². The van der Waals surface area contributed by atoms with Crippen LogP contribution in [0.3, 0.4) is 0 Å². The molecule has 1 aliphatic heterocycles. The third kappa shape index (κ3) is 0.534. The lowest BCUT2D eigenvalue weighted by molar-refractivity contribution is 0.891. The van der Waals surface area contributed by atoms with Gasteiger partial charge in [0.1, 0.15) is 0 Å². The first-order valence-electron chi connectivity index (χ1n) is 2.25. The van der Waals surface area contributed by atoms with Gasteiger partial charge in [-0.15, -0.1) is 0 Å². The lowest BCUT2D eigenvalue weighted by atomic mass is 10.3. The largest absolute Gasteiger partial charge is 0.290 e. The topological polar surface area (TPSA) is 14.1 Å². The van der Waals surface area contributed by atoms with Crippen LogP contribution in [0, 0.1) is 0 Å². The molecule has 1 fully saturated rings. The zero-order chi connectivity index (χ0) is 4.41. The maximum absolute atomic E-state index is 4.04. The molecule has 0 spiro atoms. The number of rotatable bonds is 0. The molecule has 0 atom stereocenters. The smallest absolute Gasteiger partial charge is 0.0396 e. The summed E-state index contributed by atoms with van der Waals surface area (Å²) >= 11 is 0. The Bertz CT molecular complexity index is 58.3. The average molecular weight is 82.1 g/mol. The molecule has 0 unspecified atom stereocenters. The summed E-state index contributed by atoms with van der Waals surface area (Å²) in [6.45, 7) is 4.70. The Labute approximate surface area is 38.1 Å². The van der Waals surface area contributed by atoms with Crippen LogP contribution in [0.2, 0.25) is 0 Å². The molecule has 1 rings (SSSR count). The van der Waals surface area contributed by atoms with Gasteiger partial charge in [-0.05, 0) is 12.8 Å². The molecule has 0 N–H and O–H groups in total. The fourth-order valence-electron chi connectivity index (χ4n) is 0.599. The maximum Gasteiger partial charge on any atom is 0.0396 e. The van der Waals surface area contributed by atoms with Gasteiger partial charge in [0.2, 0.25) is 0 Å². The van der Waals surface area contributed by atoms with Crippen LogP contribution >= 0.6 is 0 Å². The first-order chi connectivity index (χ1) is 2.89. The molecule has 1 nitrogen and oxygen atoms in total. The van der Waals surface area contributed by atoms with E-state index < -0.39 is 0 Å². The third-order valence-corrected chi connectivity index (χ3v) is 0.959. The average Bonchev–Trinajstić information content (AvgIpc) is 1.86. The van der Waals surface area contributed by atoms with Crippen molar-refractivity contribution in [3.05, 3.63) is 12.3 Å². The predicted octanol–water partition coefficient (Wildman–Crippen LogP) is 0.898. The van der Waals surface area contributed by atoms with E-state index in [1.165, 1.54) is 6.42 Å². The van der Waals surface area contributed by atoms with E-state index in [4.69, 9.17) is 0 Å². The van der Waals surface area contributed by atoms with Crippen LogP contribution in [0.5, 0.6) is 0 Å². The summed E-state index contributed by atoms with van der Waals surface area (Å²) in [7, 11) is 0. The van der Waals surface area contributed by atoms with Gasteiger partial charge in [0.15, 0.2) is 0 Å². The van der Waals surface area contributed by atoms with E-state index in [0.29, 0.717) is 0 Å². The first kappa shape index (κ1) is 3.72. The van der Waals surface area contributed by atoms with Crippen molar-refractivity contribution in [2.45, 2.75) is 12.8 Å². The molecule has 0 saturated carbocycles. The van der Waals surface area contributed by atoms with Gasteiger partial charge in [0.05, 0.1) is 0 Å². The van der Waals surface area contributed by atoms with Crippen LogP contribution in [0.25, 0.3) is 0 Å². The Morgan fingerprint density at radius 1 is 1.67 bits per heavy atom. The minimum absolute atomic E-state index is 1.01. The van der Waals surface area contributed by atoms with Crippen LogP contribution in [-0.2, 0) is 0 Å². The number of hydrogen-bond donors (Lipinski definition) is 0.